The molecular weight excluding hydrogens is 290 g/mol. The van der Waals surface area contributed by atoms with Crippen molar-refractivity contribution in [1.82, 2.24) is 13.9 Å². The lowest BCUT2D eigenvalue weighted by atomic mass is 9.96. The van der Waals surface area contributed by atoms with Crippen molar-refractivity contribution < 1.29 is 13.2 Å². The molecule has 2 fully saturated rings. The Balaban J connectivity index is 2.15. The molecule has 7 heteroatoms. The molecule has 6 nitrogen and oxygen atoms in total. The summed E-state index contributed by atoms with van der Waals surface area (Å²) in [7, 11) is 0.154. The van der Waals surface area contributed by atoms with Gasteiger partial charge in [0.25, 0.3) is 10.2 Å². The minimum absolute atomic E-state index is 0.0736. The van der Waals surface area contributed by atoms with Gasteiger partial charge in [-0.15, -0.1) is 0 Å². The first-order chi connectivity index (χ1) is 9.93. The SMILES string of the molecule is CNCC1CCCCN1S(=O)(=O)N1CCCC(C)(OC)C1. The highest BCUT2D eigenvalue weighted by Crippen LogP contribution is 2.29. The Morgan fingerprint density at radius 2 is 2.05 bits per heavy atom. The monoisotopic (exact) mass is 319 g/mol. The van der Waals surface area contributed by atoms with E-state index in [1.165, 1.54) is 0 Å². The summed E-state index contributed by atoms with van der Waals surface area (Å²) in [6.45, 7) is 4.40. The molecule has 0 bridgehead atoms. The van der Waals surface area contributed by atoms with Gasteiger partial charge in [0.05, 0.1) is 5.60 Å². The maximum Gasteiger partial charge on any atom is 0.282 e. The lowest BCUT2D eigenvalue weighted by Gasteiger charge is -2.43. The van der Waals surface area contributed by atoms with Crippen molar-refractivity contribution in [3.8, 4) is 0 Å². The first-order valence-corrected chi connectivity index (χ1v) is 9.29. The van der Waals surface area contributed by atoms with Crippen LogP contribution in [0.25, 0.3) is 0 Å². The number of methoxy groups -OCH3 is 1. The molecule has 2 aliphatic heterocycles. The first-order valence-electron chi connectivity index (χ1n) is 7.89. The van der Waals surface area contributed by atoms with E-state index in [-0.39, 0.29) is 11.6 Å². The van der Waals surface area contributed by atoms with E-state index >= 15 is 0 Å². The van der Waals surface area contributed by atoms with E-state index in [1.807, 2.05) is 14.0 Å². The Morgan fingerprint density at radius 3 is 2.71 bits per heavy atom. The number of likely N-dealkylation sites (N-methyl/N-ethyl adjacent to an activating group) is 1. The molecular formula is C14H29N3O3S. The van der Waals surface area contributed by atoms with Crippen LogP contribution in [0.15, 0.2) is 0 Å². The second-order valence-electron chi connectivity index (χ2n) is 6.42. The largest absolute Gasteiger partial charge is 0.377 e. The fourth-order valence-electron chi connectivity index (χ4n) is 3.39. The van der Waals surface area contributed by atoms with Crippen LogP contribution in [0.2, 0.25) is 0 Å². The maximum atomic E-state index is 13.0. The predicted octanol–water partition coefficient (Wildman–Crippen LogP) is 0.806. The van der Waals surface area contributed by atoms with Crippen LogP contribution in [0.4, 0.5) is 0 Å². The standard InChI is InChI=1S/C14H29N3O3S/c1-14(20-3)8-6-9-16(12-14)21(18,19)17-10-5-4-7-13(17)11-15-2/h13,15H,4-12H2,1-3H3. The quantitative estimate of drug-likeness (QED) is 0.814. The molecule has 1 N–H and O–H groups in total. The highest BCUT2D eigenvalue weighted by molar-refractivity contribution is 7.86. The lowest BCUT2D eigenvalue weighted by molar-refractivity contribution is -0.0334. The van der Waals surface area contributed by atoms with E-state index in [9.17, 15) is 8.42 Å². The van der Waals surface area contributed by atoms with E-state index in [1.54, 1.807) is 15.7 Å². The van der Waals surface area contributed by atoms with Crippen LogP contribution in [-0.4, -0.2) is 69.0 Å². The summed E-state index contributed by atoms with van der Waals surface area (Å²) in [5, 5.41) is 3.12. The van der Waals surface area contributed by atoms with Crippen molar-refractivity contribution in [2.45, 2.75) is 50.7 Å². The second-order valence-corrected chi connectivity index (χ2v) is 8.30. The summed E-state index contributed by atoms with van der Waals surface area (Å²) in [5.74, 6) is 0. The van der Waals surface area contributed by atoms with E-state index < -0.39 is 10.2 Å². The molecule has 2 saturated heterocycles. The molecule has 2 atom stereocenters. The van der Waals surface area contributed by atoms with Crippen LogP contribution in [0.1, 0.15) is 39.0 Å². The third-order valence-corrected chi connectivity index (χ3v) is 6.79. The van der Waals surface area contributed by atoms with E-state index in [0.717, 1.165) is 32.1 Å². The molecule has 2 aliphatic rings. The third-order valence-electron chi connectivity index (χ3n) is 4.75. The minimum Gasteiger partial charge on any atom is -0.377 e. The normalized spacial score (nSPS) is 33.2. The molecule has 0 radical (unpaired) electrons. The van der Waals surface area contributed by atoms with Crippen molar-refractivity contribution in [2.75, 3.05) is 40.3 Å². The number of piperidine rings is 2. The van der Waals surface area contributed by atoms with Crippen molar-refractivity contribution >= 4 is 10.2 Å². The van der Waals surface area contributed by atoms with E-state index in [0.29, 0.717) is 26.2 Å². The molecule has 0 spiro atoms. The summed E-state index contributed by atoms with van der Waals surface area (Å²) in [5.41, 5.74) is -0.361. The zero-order chi connectivity index (χ0) is 15.5. The van der Waals surface area contributed by atoms with Gasteiger partial charge in [0, 0.05) is 39.3 Å². The summed E-state index contributed by atoms with van der Waals surface area (Å²) in [6, 6.07) is 0.0736. The molecule has 0 amide bonds. The zero-order valence-corrected chi connectivity index (χ0v) is 14.3. The molecule has 0 saturated carbocycles. The van der Waals surface area contributed by atoms with Gasteiger partial charge in [-0.05, 0) is 39.7 Å². The second kappa shape index (κ2) is 6.91. The number of ether oxygens (including phenoxy) is 1. The molecule has 0 aliphatic carbocycles. The van der Waals surface area contributed by atoms with Gasteiger partial charge in [-0.3, -0.25) is 0 Å². The Kier molecular flexibility index (Phi) is 5.65. The van der Waals surface area contributed by atoms with Crippen LogP contribution in [0.5, 0.6) is 0 Å². The number of hydrogen-bond donors (Lipinski definition) is 1. The highest BCUT2D eigenvalue weighted by atomic mass is 32.2. The molecule has 2 unspecified atom stereocenters. The van der Waals surface area contributed by atoms with Gasteiger partial charge in [-0.2, -0.15) is 17.0 Å². The summed E-state index contributed by atoms with van der Waals surface area (Å²) in [6.07, 6.45) is 4.77. The molecule has 0 aromatic rings. The topological polar surface area (TPSA) is 61.9 Å². The number of rotatable bonds is 5. The summed E-state index contributed by atoms with van der Waals surface area (Å²) < 4.78 is 34.8. The first kappa shape index (κ1) is 17.1. The minimum atomic E-state index is -3.39. The van der Waals surface area contributed by atoms with Crippen LogP contribution in [-0.2, 0) is 14.9 Å². The Morgan fingerprint density at radius 1 is 1.29 bits per heavy atom. The van der Waals surface area contributed by atoms with Crippen LogP contribution in [0.3, 0.4) is 0 Å². The van der Waals surface area contributed by atoms with Gasteiger partial charge in [-0.25, -0.2) is 0 Å². The van der Waals surface area contributed by atoms with Crippen molar-refractivity contribution in [1.29, 1.82) is 0 Å². The number of hydrogen-bond acceptors (Lipinski definition) is 4. The highest BCUT2D eigenvalue weighted by Gasteiger charge is 2.41. The third kappa shape index (κ3) is 3.76. The zero-order valence-electron chi connectivity index (χ0n) is 13.5. The van der Waals surface area contributed by atoms with Gasteiger partial charge >= 0.3 is 0 Å². The number of nitrogens with one attached hydrogen (secondary N) is 1. The maximum absolute atomic E-state index is 13.0. The van der Waals surface area contributed by atoms with Crippen molar-refractivity contribution in [3.63, 3.8) is 0 Å². The average molecular weight is 319 g/mol. The Labute approximate surface area is 129 Å². The van der Waals surface area contributed by atoms with Gasteiger partial charge in [0.2, 0.25) is 0 Å². The Hall–Kier alpha value is -0.210. The fraction of sp³-hybridized carbons (Fsp3) is 1.00. The molecule has 21 heavy (non-hydrogen) atoms. The average Bonchev–Trinajstić information content (AvgIpc) is 2.48. The van der Waals surface area contributed by atoms with E-state index in [4.69, 9.17) is 4.74 Å². The van der Waals surface area contributed by atoms with Crippen LogP contribution in [0, 0.1) is 0 Å². The smallest absolute Gasteiger partial charge is 0.282 e. The fourth-order valence-corrected chi connectivity index (χ4v) is 5.40. The number of nitrogens with zero attached hydrogens (tertiary/aromatic N) is 2. The molecule has 0 aromatic heterocycles. The molecule has 0 aromatic carbocycles. The van der Waals surface area contributed by atoms with Crippen molar-refractivity contribution in [3.05, 3.63) is 0 Å². The van der Waals surface area contributed by atoms with E-state index in [2.05, 4.69) is 5.32 Å². The predicted molar refractivity (Wildman–Crippen MR) is 83.4 cm³/mol. The lowest BCUT2D eigenvalue weighted by Crippen LogP contribution is -2.57. The van der Waals surface area contributed by atoms with Crippen molar-refractivity contribution in [2.24, 2.45) is 0 Å². The molecule has 124 valence electrons. The van der Waals surface area contributed by atoms with Crippen LogP contribution >= 0.6 is 0 Å². The summed E-state index contributed by atoms with van der Waals surface area (Å²) in [4.78, 5) is 0. The van der Waals surface area contributed by atoms with Gasteiger partial charge in [-0.1, -0.05) is 6.42 Å². The molecule has 2 heterocycles. The molecule has 2 rings (SSSR count). The van der Waals surface area contributed by atoms with Gasteiger partial charge in [0.1, 0.15) is 0 Å². The summed E-state index contributed by atoms with van der Waals surface area (Å²) >= 11 is 0. The van der Waals surface area contributed by atoms with Gasteiger partial charge < -0.3 is 10.1 Å². The van der Waals surface area contributed by atoms with Gasteiger partial charge in [0.15, 0.2) is 0 Å². The van der Waals surface area contributed by atoms with Crippen LogP contribution < -0.4 is 5.32 Å². The Bertz CT molecular complexity index is 441.